The average Bonchev–Trinajstić information content (AvgIpc) is 2.42. The first-order valence-corrected chi connectivity index (χ1v) is 6.68. The Morgan fingerprint density at radius 2 is 2.00 bits per heavy atom. The number of carboxylic acids is 1. The molecule has 1 heterocycles. The molecule has 6 heteroatoms. The predicted octanol–water partition coefficient (Wildman–Crippen LogP) is 2.13. The Morgan fingerprint density at radius 1 is 1.40 bits per heavy atom. The van der Waals surface area contributed by atoms with E-state index in [1.54, 1.807) is 6.92 Å². The summed E-state index contributed by atoms with van der Waals surface area (Å²) in [6, 6.07) is 0. The van der Waals surface area contributed by atoms with E-state index in [0.29, 0.717) is 12.8 Å². The number of carbonyl (C=O) groups is 2. The number of aliphatic carboxylic acids is 1. The van der Waals surface area contributed by atoms with Crippen LogP contribution in [0.3, 0.4) is 0 Å². The zero-order chi connectivity index (χ0) is 15.6. The lowest BCUT2D eigenvalue weighted by Crippen LogP contribution is -2.55. The number of carbonyl (C=O) groups excluding carboxylic acids is 1. The topological polar surface area (TPSA) is 87.1 Å². The van der Waals surface area contributed by atoms with E-state index < -0.39 is 23.4 Å². The van der Waals surface area contributed by atoms with Crippen LogP contribution in [0, 0.1) is 0 Å². The van der Waals surface area contributed by atoms with Gasteiger partial charge in [0.1, 0.15) is 0 Å². The average molecular weight is 285 g/mol. The lowest BCUT2D eigenvalue weighted by Gasteiger charge is -2.37. The highest BCUT2D eigenvalue weighted by atomic mass is 16.6. The summed E-state index contributed by atoms with van der Waals surface area (Å²) in [7, 11) is 0. The third kappa shape index (κ3) is 3.30. The quantitative estimate of drug-likeness (QED) is 0.730. The molecule has 1 aliphatic rings. The fourth-order valence-corrected chi connectivity index (χ4v) is 2.25. The summed E-state index contributed by atoms with van der Waals surface area (Å²) in [5.74, 6) is -1.02. The fraction of sp³-hybridized carbons (Fsp3) is 0.714. The molecule has 1 amide bonds. The Hall–Kier alpha value is -1.56. The molecule has 0 bridgehead atoms. The summed E-state index contributed by atoms with van der Waals surface area (Å²) in [6.07, 6.45) is 2.26. The van der Waals surface area contributed by atoms with Gasteiger partial charge in [0.15, 0.2) is 11.3 Å². The molecule has 0 aliphatic carbocycles. The van der Waals surface area contributed by atoms with Crippen molar-refractivity contribution >= 4 is 12.1 Å². The number of aliphatic hydroxyl groups is 1. The van der Waals surface area contributed by atoms with Crippen molar-refractivity contribution in [3.63, 3.8) is 0 Å². The van der Waals surface area contributed by atoms with E-state index in [4.69, 9.17) is 9.84 Å². The van der Waals surface area contributed by atoms with Gasteiger partial charge in [-0.1, -0.05) is 11.6 Å². The lowest BCUT2D eigenvalue weighted by atomic mass is 9.88. The lowest BCUT2D eigenvalue weighted by molar-refractivity contribution is -0.145. The van der Waals surface area contributed by atoms with Gasteiger partial charge in [0.25, 0.3) is 0 Å². The maximum atomic E-state index is 11.9. The highest BCUT2D eigenvalue weighted by molar-refractivity contribution is 5.73. The number of ether oxygens (including phenoxy) is 1. The van der Waals surface area contributed by atoms with Gasteiger partial charge < -0.3 is 14.9 Å². The fourth-order valence-electron chi connectivity index (χ4n) is 2.25. The summed E-state index contributed by atoms with van der Waals surface area (Å²) in [6.45, 7) is 7.03. The summed E-state index contributed by atoms with van der Waals surface area (Å²) >= 11 is 0. The van der Waals surface area contributed by atoms with Gasteiger partial charge in [-0.3, -0.25) is 9.69 Å². The molecule has 6 nitrogen and oxygen atoms in total. The maximum Gasteiger partial charge on any atom is 0.412 e. The van der Waals surface area contributed by atoms with Crippen molar-refractivity contribution in [3.05, 3.63) is 11.6 Å². The van der Waals surface area contributed by atoms with Gasteiger partial charge in [-0.05, 0) is 40.5 Å². The van der Waals surface area contributed by atoms with Crippen LogP contribution in [0.4, 0.5) is 4.79 Å². The molecule has 114 valence electrons. The summed E-state index contributed by atoms with van der Waals surface area (Å²) in [5.41, 5.74) is -1.41. The van der Waals surface area contributed by atoms with E-state index in [0.717, 1.165) is 10.5 Å². The second-order valence-corrected chi connectivity index (χ2v) is 5.74. The van der Waals surface area contributed by atoms with Crippen LogP contribution in [0.1, 0.15) is 47.0 Å². The summed E-state index contributed by atoms with van der Waals surface area (Å²) < 4.78 is 5.31. The molecule has 1 fully saturated rings. The first kappa shape index (κ1) is 16.5. The molecule has 0 aromatic rings. The molecule has 1 saturated heterocycles. The molecule has 0 saturated carbocycles. The van der Waals surface area contributed by atoms with E-state index in [1.807, 2.05) is 19.9 Å². The number of amides is 1. The van der Waals surface area contributed by atoms with Crippen molar-refractivity contribution in [1.82, 2.24) is 4.90 Å². The number of nitrogens with zero attached hydrogens (tertiary/aromatic N) is 1. The van der Waals surface area contributed by atoms with Gasteiger partial charge in [0, 0.05) is 6.54 Å². The Balaban J connectivity index is 2.81. The molecular formula is C14H23NO5. The molecule has 2 N–H and O–H groups in total. The molecular weight excluding hydrogens is 262 g/mol. The molecule has 2 atom stereocenters. The van der Waals surface area contributed by atoms with Crippen LogP contribution in [-0.4, -0.2) is 45.0 Å². The molecule has 0 radical (unpaired) electrons. The molecule has 1 aliphatic heterocycles. The number of carboxylic acid groups (broad SMARTS) is 1. The number of cyclic esters (lactones) is 1. The van der Waals surface area contributed by atoms with Crippen LogP contribution in [-0.2, 0) is 9.53 Å². The minimum atomic E-state index is -1.52. The molecule has 0 aromatic heterocycles. The number of hydrogen-bond donors (Lipinski definition) is 2. The van der Waals surface area contributed by atoms with Gasteiger partial charge >= 0.3 is 12.1 Å². The minimum absolute atomic E-state index is 0.0700. The first-order valence-electron chi connectivity index (χ1n) is 6.68. The van der Waals surface area contributed by atoms with Gasteiger partial charge in [-0.15, -0.1) is 0 Å². The molecule has 2 unspecified atom stereocenters. The minimum Gasteiger partial charge on any atom is -0.481 e. The van der Waals surface area contributed by atoms with E-state index in [2.05, 4.69) is 0 Å². The van der Waals surface area contributed by atoms with Crippen molar-refractivity contribution in [2.75, 3.05) is 6.54 Å². The normalized spacial score (nSPS) is 29.2. The molecule has 20 heavy (non-hydrogen) atoms. The highest BCUT2D eigenvalue weighted by Gasteiger charge is 2.58. The van der Waals surface area contributed by atoms with Crippen LogP contribution in [0.2, 0.25) is 0 Å². The van der Waals surface area contributed by atoms with Crippen LogP contribution in [0.15, 0.2) is 11.6 Å². The highest BCUT2D eigenvalue weighted by Crippen LogP contribution is 2.40. The second-order valence-electron chi connectivity index (χ2n) is 5.74. The van der Waals surface area contributed by atoms with E-state index in [1.165, 1.54) is 6.92 Å². The van der Waals surface area contributed by atoms with E-state index >= 15 is 0 Å². The molecule has 1 rings (SSSR count). The molecule has 0 aromatic carbocycles. The summed E-state index contributed by atoms with van der Waals surface area (Å²) in [5, 5.41) is 19.3. The number of rotatable bonds is 6. The zero-order valence-electron chi connectivity index (χ0n) is 12.5. The largest absolute Gasteiger partial charge is 0.481 e. The van der Waals surface area contributed by atoms with Gasteiger partial charge in [-0.2, -0.15) is 0 Å². The number of allylic oxidation sites excluding steroid dienone is 2. The third-order valence-corrected chi connectivity index (χ3v) is 3.78. The number of hydrogen-bond acceptors (Lipinski definition) is 4. The Labute approximate surface area is 119 Å². The van der Waals surface area contributed by atoms with Crippen LogP contribution in [0.25, 0.3) is 0 Å². The van der Waals surface area contributed by atoms with Crippen LogP contribution in [0.5, 0.6) is 0 Å². The Kier molecular flexibility index (Phi) is 4.81. The van der Waals surface area contributed by atoms with Crippen molar-refractivity contribution in [2.45, 2.75) is 58.3 Å². The molecule has 0 spiro atoms. The van der Waals surface area contributed by atoms with Crippen molar-refractivity contribution in [1.29, 1.82) is 0 Å². The van der Waals surface area contributed by atoms with Crippen molar-refractivity contribution in [2.24, 2.45) is 0 Å². The zero-order valence-corrected chi connectivity index (χ0v) is 12.5. The van der Waals surface area contributed by atoms with Gasteiger partial charge in [0.2, 0.25) is 0 Å². The van der Waals surface area contributed by atoms with Gasteiger partial charge in [-0.25, -0.2) is 4.79 Å². The predicted molar refractivity (Wildman–Crippen MR) is 73.1 cm³/mol. The van der Waals surface area contributed by atoms with Crippen molar-refractivity contribution in [3.8, 4) is 0 Å². The smallest absolute Gasteiger partial charge is 0.412 e. The van der Waals surface area contributed by atoms with E-state index in [-0.39, 0.29) is 13.0 Å². The third-order valence-electron chi connectivity index (χ3n) is 3.78. The first-order chi connectivity index (χ1) is 9.10. The monoisotopic (exact) mass is 285 g/mol. The SMILES string of the molecule is CC(C)=CCCC1(C)OC(=O)N(CCC(=O)O)C1(C)O. The van der Waals surface area contributed by atoms with Crippen molar-refractivity contribution < 1.29 is 24.5 Å². The van der Waals surface area contributed by atoms with Crippen LogP contribution >= 0.6 is 0 Å². The van der Waals surface area contributed by atoms with Gasteiger partial charge in [0.05, 0.1) is 6.42 Å². The summed E-state index contributed by atoms with van der Waals surface area (Å²) in [4.78, 5) is 23.6. The van der Waals surface area contributed by atoms with Crippen LogP contribution < -0.4 is 0 Å². The standard InChI is InChI=1S/C14H23NO5/c1-10(2)6-5-8-13(3)14(4,19)15(12(18)20-13)9-7-11(16)17/h6,19H,5,7-9H2,1-4H3,(H,16,17). The Bertz CT molecular complexity index is 425. The van der Waals surface area contributed by atoms with E-state index in [9.17, 15) is 14.7 Å². The second kappa shape index (κ2) is 5.83. The Morgan fingerprint density at radius 3 is 2.50 bits per heavy atom. The maximum absolute atomic E-state index is 11.9.